The number of hydrogen-bond acceptors (Lipinski definition) is 3. The second-order valence-electron chi connectivity index (χ2n) is 6.19. The highest BCUT2D eigenvalue weighted by molar-refractivity contribution is 5.92. The van der Waals surface area contributed by atoms with Crippen molar-refractivity contribution in [2.75, 3.05) is 26.2 Å². The summed E-state index contributed by atoms with van der Waals surface area (Å²) in [7, 11) is 0. The molecule has 122 valence electrons. The van der Waals surface area contributed by atoms with Crippen LogP contribution in [0.2, 0.25) is 0 Å². The average Bonchev–Trinajstić information content (AvgIpc) is 3.27. The summed E-state index contributed by atoms with van der Waals surface area (Å²) in [6, 6.07) is 7.49. The predicted octanol–water partition coefficient (Wildman–Crippen LogP) is 2.76. The second-order valence-corrected chi connectivity index (χ2v) is 6.19. The summed E-state index contributed by atoms with van der Waals surface area (Å²) in [6.07, 6.45) is 6.66. The standard InChI is InChI=1S/C18H23N3O2/c1-14(10-16-4-3-9-23-16)12-21-8-6-15(13-21)11-20-18(22)17-5-2-7-19-17/h2-5,7,9-10,15,19H,6,8,11-13H2,1H3,(H,20,22)/b14-10+/t15-/m0/s1. The summed E-state index contributed by atoms with van der Waals surface area (Å²) in [6.45, 7) is 5.90. The number of furan rings is 1. The van der Waals surface area contributed by atoms with Gasteiger partial charge in [0, 0.05) is 25.8 Å². The Hall–Kier alpha value is -2.27. The third kappa shape index (κ3) is 4.36. The second kappa shape index (κ2) is 7.33. The van der Waals surface area contributed by atoms with Crippen LogP contribution in [0.25, 0.3) is 6.08 Å². The van der Waals surface area contributed by atoms with Gasteiger partial charge >= 0.3 is 0 Å². The van der Waals surface area contributed by atoms with Crippen LogP contribution in [-0.4, -0.2) is 42.0 Å². The molecule has 3 rings (SSSR count). The number of carbonyl (C=O) groups excluding carboxylic acids is 1. The zero-order valence-corrected chi connectivity index (χ0v) is 13.4. The Morgan fingerprint density at radius 1 is 1.48 bits per heavy atom. The number of hydrogen-bond donors (Lipinski definition) is 2. The van der Waals surface area contributed by atoms with Gasteiger partial charge < -0.3 is 14.7 Å². The molecule has 5 heteroatoms. The minimum absolute atomic E-state index is 0.0256. The van der Waals surface area contributed by atoms with Crippen LogP contribution >= 0.6 is 0 Å². The first-order chi connectivity index (χ1) is 11.2. The van der Waals surface area contributed by atoms with Gasteiger partial charge in [0.15, 0.2) is 0 Å². The van der Waals surface area contributed by atoms with Crippen LogP contribution in [0.3, 0.4) is 0 Å². The first-order valence-electron chi connectivity index (χ1n) is 8.05. The van der Waals surface area contributed by atoms with Gasteiger partial charge in [0.25, 0.3) is 5.91 Å². The van der Waals surface area contributed by atoms with Crippen LogP contribution in [0.15, 0.2) is 46.7 Å². The predicted molar refractivity (Wildman–Crippen MR) is 90.0 cm³/mol. The van der Waals surface area contributed by atoms with Gasteiger partial charge in [0.05, 0.1) is 6.26 Å². The zero-order chi connectivity index (χ0) is 16.1. The first-order valence-corrected chi connectivity index (χ1v) is 8.05. The fourth-order valence-corrected chi connectivity index (χ4v) is 3.04. The van der Waals surface area contributed by atoms with Crippen molar-refractivity contribution in [2.24, 2.45) is 5.92 Å². The summed E-state index contributed by atoms with van der Waals surface area (Å²) in [5.74, 6) is 1.39. The minimum atomic E-state index is -0.0256. The van der Waals surface area contributed by atoms with E-state index in [1.807, 2.05) is 18.2 Å². The van der Waals surface area contributed by atoms with Crippen LogP contribution < -0.4 is 5.32 Å². The number of H-pyrrole nitrogens is 1. The summed E-state index contributed by atoms with van der Waals surface area (Å²) in [4.78, 5) is 17.3. The summed E-state index contributed by atoms with van der Waals surface area (Å²) in [5.41, 5.74) is 1.91. The van der Waals surface area contributed by atoms with Gasteiger partial charge in [-0.15, -0.1) is 0 Å². The van der Waals surface area contributed by atoms with E-state index in [-0.39, 0.29) is 5.91 Å². The van der Waals surface area contributed by atoms with E-state index in [0.29, 0.717) is 11.6 Å². The monoisotopic (exact) mass is 313 g/mol. The first kappa shape index (κ1) is 15.6. The maximum absolute atomic E-state index is 11.9. The largest absolute Gasteiger partial charge is 0.465 e. The Labute approximate surface area is 136 Å². The van der Waals surface area contributed by atoms with Gasteiger partial charge in [-0.25, -0.2) is 0 Å². The molecule has 1 aliphatic rings. The number of likely N-dealkylation sites (tertiary alicyclic amines) is 1. The molecule has 0 spiro atoms. The number of amides is 1. The highest BCUT2D eigenvalue weighted by atomic mass is 16.3. The molecule has 1 aliphatic heterocycles. The van der Waals surface area contributed by atoms with Gasteiger partial charge in [0.2, 0.25) is 0 Å². The van der Waals surface area contributed by atoms with Gasteiger partial charge in [-0.1, -0.05) is 5.57 Å². The summed E-state index contributed by atoms with van der Waals surface area (Å²) >= 11 is 0. The van der Waals surface area contributed by atoms with Crippen molar-refractivity contribution in [3.63, 3.8) is 0 Å². The zero-order valence-electron chi connectivity index (χ0n) is 13.4. The van der Waals surface area contributed by atoms with Gasteiger partial charge in [-0.3, -0.25) is 9.69 Å². The van der Waals surface area contributed by atoms with Crippen LogP contribution in [-0.2, 0) is 0 Å². The molecule has 0 saturated carbocycles. The fourth-order valence-electron chi connectivity index (χ4n) is 3.04. The molecule has 0 bridgehead atoms. The molecule has 0 aromatic carbocycles. The Morgan fingerprint density at radius 3 is 3.13 bits per heavy atom. The van der Waals surface area contributed by atoms with Gasteiger partial charge in [0.1, 0.15) is 11.5 Å². The van der Waals surface area contributed by atoms with E-state index in [1.165, 1.54) is 5.57 Å². The van der Waals surface area contributed by atoms with Crippen molar-refractivity contribution in [1.29, 1.82) is 0 Å². The number of rotatable bonds is 6. The molecule has 2 aromatic heterocycles. The Balaban J connectivity index is 1.42. The van der Waals surface area contributed by atoms with Crippen LogP contribution in [0.5, 0.6) is 0 Å². The maximum Gasteiger partial charge on any atom is 0.267 e. The lowest BCUT2D eigenvalue weighted by Crippen LogP contribution is -2.31. The van der Waals surface area contributed by atoms with E-state index in [2.05, 4.69) is 28.2 Å². The molecule has 23 heavy (non-hydrogen) atoms. The van der Waals surface area contributed by atoms with Gasteiger partial charge in [-0.2, -0.15) is 0 Å². The number of aromatic amines is 1. The smallest absolute Gasteiger partial charge is 0.267 e. The van der Waals surface area contributed by atoms with Crippen molar-refractivity contribution in [3.05, 3.63) is 53.8 Å². The molecule has 1 fully saturated rings. The highest BCUT2D eigenvalue weighted by Gasteiger charge is 2.23. The SMILES string of the molecule is C/C(=C\c1ccco1)CN1CC[C@@H](CNC(=O)c2ccc[nH]2)C1. The normalized spacial score (nSPS) is 19.2. The molecule has 0 aliphatic carbocycles. The molecular weight excluding hydrogens is 290 g/mol. The van der Waals surface area contributed by atoms with E-state index in [0.717, 1.165) is 38.4 Å². The summed E-state index contributed by atoms with van der Waals surface area (Å²) < 4.78 is 5.34. The molecular formula is C18H23N3O2. The van der Waals surface area contributed by atoms with Crippen LogP contribution in [0.1, 0.15) is 29.6 Å². The number of nitrogens with one attached hydrogen (secondary N) is 2. The molecule has 5 nitrogen and oxygen atoms in total. The average molecular weight is 313 g/mol. The molecule has 2 N–H and O–H groups in total. The Bertz CT molecular complexity index is 644. The molecule has 3 heterocycles. The molecule has 2 aromatic rings. The molecule has 0 radical (unpaired) electrons. The fraction of sp³-hybridized carbons (Fsp3) is 0.389. The quantitative estimate of drug-likeness (QED) is 0.862. The van der Waals surface area contributed by atoms with E-state index < -0.39 is 0 Å². The van der Waals surface area contributed by atoms with E-state index in [1.54, 1.807) is 18.5 Å². The lowest BCUT2D eigenvalue weighted by Gasteiger charge is -2.16. The van der Waals surface area contributed by atoms with E-state index >= 15 is 0 Å². The Morgan fingerprint density at radius 2 is 2.39 bits per heavy atom. The number of nitrogens with zero attached hydrogens (tertiary/aromatic N) is 1. The number of aromatic nitrogens is 1. The number of carbonyl (C=O) groups is 1. The van der Waals surface area contributed by atoms with Crippen molar-refractivity contribution in [1.82, 2.24) is 15.2 Å². The van der Waals surface area contributed by atoms with Crippen LogP contribution in [0, 0.1) is 5.92 Å². The third-order valence-corrected chi connectivity index (χ3v) is 4.17. The minimum Gasteiger partial charge on any atom is -0.465 e. The highest BCUT2D eigenvalue weighted by Crippen LogP contribution is 2.18. The molecule has 1 atom stereocenters. The third-order valence-electron chi connectivity index (χ3n) is 4.17. The van der Waals surface area contributed by atoms with Crippen molar-refractivity contribution < 1.29 is 9.21 Å². The van der Waals surface area contributed by atoms with E-state index in [9.17, 15) is 4.79 Å². The topological polar surface area (TPSA) is 61.3 Å². The Kier molecular flexibility index (Phi) is 4.98. The van der Waals surface area contributed by atoms with Gasteiger partial charge in [-0.05, 0) is 56.1 Å². The molecule has 1 amide bonds. The van der Waals surface area contributed by atoms with Crippen molar-refractivity contribution in [3.8, 4) is 0 Å². The lowest BCUT2D eigenvalue weighted by molar-refractivity contribution is 0.0943. The molecule has 0 unspecified atom stereocenters. The van der Waals surface area contributed by atoms with E-state index in [4.69, 9.17) is 4.42 Å². The van der Waals surface area contributed by atoms with Crippen LogP contribution in [0.4, 0.5) is 0 Å². The maximum atomic E-state index is 11.9. The van der Waals surface area contributed by atoms with Crippen molar-refractivity contribution in [2.45, 2.75) is 13.3 Å². The molecule has 1 saturated heterocycles. The summed E-state index contributed by atoms with van der Waals surface area (Å²) in [5, 5.41) is 3.01. The van der Waals surface area contributed by atoms with Crippen molar-refractivity contribution >= 4 is 12.0 Å². The lowest BCUT2D eigenvalue weighted by atomic mass is 10.1.